The average Bonchev–Trinajstić information content (AvgIpc) is 2.70. The first-order valence-corrected chi connectivity index (χ1v) is 6.22. The number of hydrogen-bond acceptors (Lipinski definition) is 3. The Balaban J connectivity index is 2.10. The van der Waals surface area contributed by atoms with Crippen molar-refractivity contribution in [2.45, 2.75) is 0 Å². The molecule has 0 atom stereocenters. The van der Waals surface area contributed by atoms with Gasteiger partial charge in [0.15, 0.2) is 0 Å². The number of hydrogen-bond donors (Lipinski definition) is 1. The zero-order valence-corrected chi connectivity index (χ0v) is 10.5. The van der Waals surface area contributed by atoms with Gasteiger partial charge >= 0.3 is 0 Å². The zero-order valence-electron chi connectivity index (χ0n) is 9.78. The third-order valence-corrected chi connectivity index (χ3v) is 3.54. The molecule has 1 N–H and O–H groups in total. The summed E-state index contributed by atoms with van der Waals surface area (Å²) in [7, 11) is 2.04. The number of aromatic nitrogens is 2. The van der Waals surface area contributed by atoms with Crippen molar-refractivity contribution in [3.8, 4) is 0 Å². The first-order valence-electron chi connectivity index (χ1n) is 5.84. The van der Waals surface area contributed by atoms with Gasteiger partial charge in [-0.05, 0) is 12.1 Å². The van der Waals surface area contributed by atoms with E-state index in [2.05, 4.69) is 25.8 Å². The van der Waals surface area contributed by atoms with Gasteiger partial charge < -0.3 is 14.8 Å². The van der Waals surface area contributed by atoms with E-state index in [1.807, 2.05) is 19.2 Å². The summed E-state index contributed by atoms with van der Waals surface area (Å²) in [5.41, 5.74) is 1.98. The minimum Gasteiger partial charge on any atom is -0.340 e. The van der Waals surface area contributed by atoms with E-state index in [-0.39, 0.29) is 0 Å². The number of nitrogens with one attached hydrogen (secondary N) is 1. The topological polar surface area (TPSA) is 33.1 Å². The third-order valence-electron chi connectivity index (χ3n) is 3.24. The maximum Gasteiger partial charge on any atom is 0.206 e. The molecule has 5 heteroatoms. The summed E-state index contributed by atoms with van der Waals surface area (Å²) in [6, 6.07) is 5.91. The minimum atomic E-state index is 0.722. The van der Waals surface area contributed by atoms with E-state index in [0.29, 0.717) is 0 Å². The lowest BCUT2D eigenvalue weighted by molar-refractivity contribution is 0.575. The quantitative estimate of drug-likeness (QED) is 0.835. The Hall–Kier alpha value is -1.26. The van der Waals surface area contributed by atoms with Gasteiger partial charge in [-0.3, -0.25) is 0 Å². The van der Waals surface area contributed by atoms with Crippen molar-refractivity contribution in [3.63, 3.8) is 0 Å². The second kappa shape index (κ2) is 4.20. The van der Waals surface area contributed by atoms with E-state index in [4.69, 9.17) is 11.6 Å². The summed E-state index contributed by atoms with van der Waals surface area (Å²) in [6.07, 6.45) is 0. The minimum absolute atomic E-state index is 0.722. The highest BCUT2D eigenvalue weighted by Crippen LogP contribution is 2.26. The SMILES string of the molecule is Cn1c(N2CCNCC2)nc2c(Cl)cccc21. The number of rotatable bonds is 1. The molecule has 3 rings (SSSR count). The van der Waals surface area contributed by atoms with Gasteiger partial charge in [0.1, 0.15) is 5.52 Å². The van der Waals surface area contributed by atoms with Crippen LogP contribution in [0.2, 0.25) is 5.02 Å². The number of para-hydroxylation sites is 1. The number of benzene rings is 1. The molecule has 1 fully saturated rings. The van der Waals surface area contributed by atoms with Crippen molar-refractivity contribution in [1.29, 1.82) is 0 Å². The summed E-state index contributed by atoms with van der Waals surface area (Å²) in [6.45, 7) is 4.01. The first-order chi connectivity index (χ1) is 8.27. The number of halogens is 1. The molecule has 0 radical (unpaired) electrons. The van der Waals surface area contributed by atoms with Gasteiger partial charge in [-0.25, -0.2) is 4.98 Å². The van der Waals surface area contributed by atoms with E-state index >= 15 is 0 Å². The Morgan fingerprint density at radius 3 is 2.76 bits per heavy atom. The lowest BCUT2D eigenvalue weighted by atomic mass is 10.3. The molecular weight excluding hydrogens is 236 g/mol. The Morgan fingerprint density at radius 2 is 2.06 bits per heavy atom. The molecule has 0 saturated carbocycles. The number of aryl methyl sites for hydroxylation is 1. The van der Waals surface area contributed by atoms with Crippen LogP contribution in [0.4, 0.5) is 5.95 Å². The fourth-order valence-electron chi connectivity index (χ4n) is 2.32. The van der Waals surface area contributed by atoms with Crippen molar-refractivity contribution in [2.24, 2.45) is 7.05 Å². The van der Waals surface area contributed by atoms with Gasteiger partial charge in [0.25, 0.3) is 0 Å². The standard InChI is InChI=1S/C12H15ClN4/c1-16-10-4-2-3-9(13)11(10)15-12(16)17-7-5-14-6-8-17/h2-4,14H,5-8H2,1H3. The summed E-state index contributed by atoms with van der Waals surface area (Å²) in [5, 5.41) is 4.07. The molecule has 0 amide bonds. The average molecular weight is 251 g/mol. The van der Waals surface area contributed by atoms with Crippen molar-refractivity contribution < 1.29 is 0 Å². The molecule has 1 aliphatic heterocycles. The maximum atomic E-state index is 6.17. The van der Waals surface area contributed by atoms with Gasteiger partial charge in [0.2, 0.25) is 5.95 Å². The van der Waals surface area contributed by atoms with E-state index in [0.717, 1.165) is 48.2 Å². The molecule has 1 aromatic carbocycles. The first kappa shape index (κ1) is 10.9. The summed E-state index contributed by atoms with van der Waals surface area (Å²) in [5.74, 6) is 1.01. The van der Waals surface area contributed by atoms with Crippen molar-refractivity contribution in [3.05, 3.63) is 23.2 Å². The normalized spacial score (nSPS) is 16.7. The Labute approximate surface area is 105 Å². The van der Waals surface area contributed by atoms with Gasteiger partial charge in [-0.2, -0.15) is 0 Å². The fourth-order valence-corrected chi connectivity index (χ4v) is 2.53. The third kappa shape index (κ3) is 1.77. The highest BCUT2D eigenvalue weighted by Gasteiger charge is 2.17. The smallest absolute Gasteiger partial charge is 0.206 e. The molecule has 0 bridgehead atoms. The molecule has 90 valence electrons. The predicted molar refractivity (Wildman–Crippen MR) is 70.8 cm³/mol. The molecule has 0 spiro atoms. The van der Waals surface area contributed by atoms with Crippen LogP contribution in [0.3, 0.4) is 0 Å². The van der Waals surface area contributed by atoms with Crippen LogP contribution < -0.4 is 10.2 Å². The number of imidazole rings is 1. The molecule has 17 heavy (non-hydrogen) atoms. The van der Waals surface area contributed by atoms with Crippen LogP contribution >= 0.6 is 11.6 Å². The van der Waals surface area contributed by atoms with E-state index in [1.165, 1.54) is 0 Å². The predicted octanol–water partition coefficient (Wildman–Crippen LogP) is 1.64. The maximum absolute atomic E-state index is 6.17. The number of nitrogens with zero attached hydrogens (tertiary/aromatic N) is 3. The lowest BCUT2D eigenvalue weighted by Gasteiger charge is -2.28. The monoisotopic (exact) mass is 250 g/mol. The van der Waals surface area contributed by atoms with Crippen LogP contribution in [0.25, 0.3) is 11.0 Å². The van der Waals surface area contributed by atoms with E-state index < -0.39 is 0 Å². The second-order valence-electron chi connectivity index (χ2n) is 4.32. The summed E-state index contributed by atoms with van der Waals surface area (Å²) >= 11 is 6.17. The zero-order chi connectivity index (χ0) is 11.8. The Bertz CT molecular complexity index is 543. The molecule has 2 aromatic rings. The van der Waals surface area contributed by atoms with Gasteiger partial charge in [-0.15, -0.1) is 0 Å². The van der Waals surface area contributed by atoms with E-state index in [1.54, 1.807) is 0 Å². The Kier molecular flexibility index (Phi) is 2.68. The lowest BCUT2D eigenvalue weighted by Crippen LogP contribution is -2.44. The molecule has 1 saturated heterocycles. The summed E-state index contributed by atoms with van der Waals surface area (Å²) in [4.78, 5) is 6.96. The van der Waals surface area contributed by atoms with Crippen LogP contribution in [0.1, 0.15) is 0 Å². The van der Waals surface area contributed by atoms with Gasteiger partial charge in [0.05, 0.1) is 10.5 Å². The van der Waals surface area contributed by atoms with E-state index in [9.17, 15) is 0 Å². The number of anilines is 1. The fraction of sp³-hybridized carbons (Fsp3) is 0.417. The summed E-state index contributed by atoms with van der Waals surface area (Å²) < 4.78 is 2.12. The Morgan fingerprint density at radius 1 is 1.29 bits per heavy atom. The molecule has 1 aromatic heterocycles. The highest BCUT2D eigenvalue weighted by atomic mass is 35.5. The molecule has 4 nitrogen and oxygen atoms in total. The van der Waals surface area contributed by atoms with Crippen LogP contribution in [0.15, 0.2) is 18.2 Å². The van der Waals surface area contributed by atoms with Crippen LogP contribution in [-0.2, 0) is 7.05 Å². The molecular formula is C12H15ClN4. The molecule has 0 unspecified atom stereocenters. The van der Waals surface area contributed by atoms with Crippen molar-refractivity contribution in [2.75, 3.05) is 31.1 Å². The van der Waals surface area contributed by atoms with Gasteiger partial charge in [0, 0.05) is 33.2 Å². The number of fused-ring (bicyclic) bond motifs is 1. The van der Waals surface area contributed by atoms with Crippen molar-refractivity contribution in [1.82, 2.24) is 14.9 Å². The van der Waals surface area contributed by atoms with Crippen LogP contribution in [0.5, 0.6) is 0 Å². The van der Waals surface area contributed by atoms with Crippen LogP contribution in [0, 0.1) is 0 Å². The van der Waals surface area contributed by atoms with Crippen molar-refractivity contribution >= 4 is 28.6 Å². The van der Waals surface area contributed by atoms with Gasteiger partial charge in [-0.1, -0.05) is 17.7 Å². The largest absolute Gasteiger partial charge is 0.340 e. The molecule has 0 aliphatic carbocycles. The molecule has 1 aliphatic rings. The number of piperazine rings is 1. The highest BCUT2D eigenvalue weighted by molar-refractivity contribution is 6.35. The second-order valence-corrected chi connectivity index (χ2v) is 4.72. The molecule has 2 heterocycles. The van der Waals surface area contributed by atoms with Crippen LogP contribution in [-0.4, -0.2) is 35.7 Å².